The number of nitrogens with two attached hydrogens (primary N) is 1. The van der Waals surface area contributed by atoms with Gasteiger partial charge in [0.1, 0.15) is 4.90 Å². The molecule has 0 bridgehead atoms. The Morgan fingerprint density at radius 3 is 2.68 bits per heavy atom. The Balaban J connectivity index is 2.19. The maximum absolute atomic E-state index is 12.2. The molecule has 2 heterocycles. The minimum Gasteiger partial charge on any atom is -0.325 e. The zero-order valence-corrected chi connectivity index (χ0v) is 11.0. The van der Waals surface area contributed by atoms with Gasteiger partial charge in [-0.15, -0.1) is 0 Å². The van der Waals surface area contributed by atoms with Gasteiger partial charge in [0.2, 0.25) is 10.0 Å². The summed E-state index contributed by atoms with van der Waals surface area (Å²) in [7, 11) is -3.62. The topological polar surface area (TPSA) is 98.0 Å². The number of nitrogens with one attached hydrogen (secondary N) is 1. The maximum Gasteiger partial charge on any atom is 0.242 e. The fourth-order valence-corrected chi connectivity index (χ4v) is 2.80. The van der Waals surface area contributed by atoms with Crippen molar-refractivity contribution in [2.24, 2.45) is 5.73 Å². The highest BCUT2D eigenvalue weighted by Crippen LogP contribution is 2.12. The molecule has 3 N–H and O–H groups in total. The summed E-state index contributed by atoms with van der Waals surface area (Å²) in [4.78, 5) is 8.00. The standard InChI is InChI=1S/C12H14N4O2S/c13-7-11-12(4-2-6-15-11)19(17,18)16-9-10-3-1-5-14-8-10/h1-6,8,16H,7,9,13H2. The van der Waals surface area contributed by atoms with E-state index < -0.39 is 10.0 Å². The molecule has 100 valence electrons. The maximum atomic E-state index is 12.2. The van der Waals surface area contributed by atoms with Crippen LogP contribution in [0.5, 0.6) is 0 Å². The molecule has 0 aliphatic carbocycles. The predicted octanol–water partition coefficient (Wildman–Crippen LogP) is 0.414. The number of hydrogen-bond donors (Lipinski definition) is 2. The molecule has 19 heavy (non-hydrogen) atoms. The highest BCUT2D eigenvalue weighted by molar-refractivity contribution is 7.89. The van der Waals surface area contributed by atoms with E-state index in [1.165, 1.54) is 12.3 Å². The van der Waals surface area contributed by atoms with Crippen LogP contribution in [0.25, 0.3) is 0 Å². The molecule has 0 saturated carbocycles. The van der Waals surface area contributed by atoms with E-state index in [2.05, 4.69) is 14.7 Å². The zero-order chi connectivity index (χ0) is 13.7. The fraction of sp³-hybridized carbons (Fsp3) is 0.167. The van der Waals surface area contributed by atoms with Crippen LogP contribution in [0.15, 0.2) is 47.8 Å². The summed E-state index contributed by atoms with van der Waals surface area (Å²) in [6.07, 6.45) is 4.75. The van der Waals surface area contributed by atoms with Crippen molar-refractivity contribution >= 4 is 10.0 Å². The van der Waals surface area contributed by atoms with Crippen LogP contribution in [0.2, 0.25) is 0 Å². The Kier molecular flexibility index (Phi) is 4.20. The molecule has 0 unspecified atom stereocenters. The quantitative estimate of drug-likeness (QED) is 0.825. The van der Waals surface area contributed by atoms with Crippen LogP contribution >= 0.6 is 0 Å². The third kappa shape index (κ3) is 3.34. The van der Waals surface area contributed by atoms with Crippen molar-refractivity contribution in [2.75, 3.05) is 0 Å². The van der Waals surface area contributed by atoms with Crippen LogP contribution in [0.4, 0.5) is 0 Å². The molecular formula is C12H14N4O2S. The van der Waals surface area contributed by atoms with Crippen molar-refractivity contribution in [1.29, 1.82) is 0 Å². The third-order valence-corrected chi connectivity index (χ3v) is 4.00. The Morgan fingerprint density at radius 1 is 1.21 bits per heavy atom. The first kappa shape index (κ1) is 13.6. The van der Waals surface area contributed by atoms with Gasteiger partial charge in [-0.1, -0.05) is 6.07 Å². The van der Waals surface area contributed by atoms with E-state index in [1.54, 1.807) is 30.6 Å². The van der Waals surface area contributed by atoms with Crippen LogP contribution in [-0.4, -0.2) is 18.4 Å². The summed E-state index contributed by atoms with van der Waals surface area (Å²) < 4.78 is 26.8. The molecular weight excluding hydrogens is 264 g/mol. The second kappa shape index (κ2) is 5.87. The smallest absolute Gasteiger partial charge is 0.242 e. The van der Waals surface area contributed by atoms with Crippen molar-refractivity contribution in [3.63, 3.8) is 0 Å². The van der Waals surface area contributed by atoms with Gasteiger partial charge in [0.15, 0.2) is 0 Å². The highest BCUT2D eigenvalue weighted by atomic mass is 32.2. The van der Waals surface area contributed by atoms with E-state index >= 15 is 0 Å². The van der Waals surface area contributed by atoms with Crippen LogP contribution in [0.3, 0.4) is 0 Å². The number of rotatable bonds is 5. The number of nitrogens with zero attached hydrogens (tertiary/aromatic N) is 2. The lowest BCUT2D eigenvalue weighted by Crippen LogP contribution is -2.25. The van der Waals surface area contributed by atoms with Gasteiger partial charge >= 0.3 is 0 Å². The highest BCUT2D eigenvalue weighted by Gasteiger charge is 2.17. The van der Waals surface area contributed by atoms with Crippen LogP contribution in [0.1, 0.15) is 11.3 Å². The van der Waals surface area contributed by atoms with Crippen molar-refractivity contribution in [2.45, 2.75) is 18.0 Å². The summed E-state index contributed by atoms with van der Waals surface area (Å²) in [5.74, 6) is 0. The van der Waals surface area contributed by atoms with E-state index in [1.807, 2.05) is 0 Å². The number of aromatic nitrogens is 2. The Hall–Kier alpha value is -1.83. The average Bonchev–Trinajstić information content (AvgIpc) is 2.46. The Bertz CT molecular complexity index is 644. The van der Waals surface area contributed by atoms with Gasteiger partial charge in [0.25, 0.3) is 0 Å². The van der Waals surface area contributed by atoms with E-state index in [9.17, 15) is 8.42 Å². The van der Waals surface area contributed by atoms with Crippen molar-refractivity contribution in [3.8, 4) is 0 Å². The van der Waals surface area contributed by atoms with Crippen LogP contribution in [-0.2, 0) is 23.1 Å². The van der Waals surface area contributed by atoms with E-state index in [-0.39, 0.29) is 18.0 Å². The molecule has 0 fully saturated rings. The minimum atomic E-state index is -3.62. The molecule has 2 rings (SSSR count). The molecule has 6 nitrogen and oxygen atoms in total. The summed E-state index contributed by atoms with van der Waals surface area (Å²) in [6.45, 7) is 0.249. The van der Waals surface area contributed by atoms with E-state index in [0.717, 1.165) is 5.56 Å². The van der Waals surface area contributed by atoms with Crippen LogP contribution in [0, 0.1) is 0 Å². The SMILES string of the molecule is NCc1ncccc1S(=O)(=O)NCc1cccnc1. The lowest BCUT2D eigenvalue weighted by atomic mass is 10.3. The number of hydrogen-bond acceptors (Lipinski definition) is 5. The van der Waals surface area contributed by atoms with Gasteiger partial charge in [-0.05, 0) is 23.8 Å². The number of pyridine rings is 2. The first-order valence-corrected chi connectivity index (χ1v) is 7.14. The van der Waals surface area contributed by atoms with Gasteiger partial charge in [0.05, 0.1) is 5.69 Å². The summed E-state index contributed by atoms with van der Waals surface area (Å²) in [5, 5.41) is 0. The van der Waals surface area contributed by atoms with E-state index in [0.29, 0.717) is 5.69 Å². The lowest BCUT2D eigenvalue weighted by molar-refractivity contribution is 0.579. The van der Waals surface area contributed by atoms with Crippen molar-refractivity contribution < 1.29 is 8.42 Å². The average molecular weight is 278 g/mol. The monoisotopic (exact) mass is 278 g/mol. The van der Waals surface area contributed by atoms with Gasteiger partial charge < -0.3 is 5.73 Å². The summed E-state index contributed by atoms with van der Waals surface area (Å²) >= 11 is 0. The molecule has 0 saturated heterocycles. The molecule has 0 aromatic carbocycles. The second-order valence-electron chi connectivity index (χ2n) is 3.84. The van der Waals surface area contributed by atoms with Crippen LogP contribution < -0.4 is 10.5 Å². The molecule has 0 aliphatic heterocycles. The summed E-state index contributed by atoms with van der Waals surface area (Å²) in [5.41, 5.74) is 6.62. The normalized spacial score (nSPS) is 11.4. The Morgan fingerprint density at radius 2 is 2.00 bits per heavy atom. The largest absolute Gasteiger partial charge is 0.325 e. The number of sulfonamides is 1. The second-order valence-corrected chi connectivity index (χ2v) is 5.57. The fourth-order valence-electron chi connectivity index (χ4n) is 1.58. The molecule has 2 aromatic heterocycles. The minimum absolute atomic E-state index is 0.0734. The molecule has 7 heteroatoms. The Labute approximate surface area is 111 Å². The molecule has 0 spiro atoms. The third-order valence-electron chi connectivity index (χ3n) is 2.52. The van der Waals surface area contributed by atoms with Gasteiger partial charge in [-0.3, -0.25) is 9.97 Å². The zero-order valence-electron chi connectivity index (χ0n) is 10.2. The molecule has 0 aliphatic rings. The van der Waals surface area contributed by atoms with Crippen molar-refractivity contribution in [3.05, 3.63) is 54.1 Å². The predicted molar refractivity (Wildman–Crippen MR) is 70.4 cm³/mol. The molecule has 0 radical (unpaired) electrons. The summed E-state index contributed by atoms with van der Waals surface area (Å²) in [6, 6.07) is 6.60. The van der Waals surface area contributed by atoms with Gasteiger partial charge in [-0.25, -0.2) is 13.1 Å². The lowest BCUT2D eigenvalue weighted by Gasteiger charge is -2.09. The molecule has 0 atom stereocenters. The van der Waals surface area contributed by atoms with Gasteiger partial charge in [0, 0.05) is 31.7 Å². The van der Waals surface area contributed by atoms with E-state index in [4.69, 9.17) is 5.73 Å². The molecule has 2 aromatic rings. The first-order chi connectivity index (χ1) is 9.13. The molecule has 0 amide bonds. The van der Waals surface area contributed by atoms with Crippen molar-refractivity contribution in [1.82, 2.24) is 14.7 Å². The van der Waals surface area contributed by atoms with Gasteiger partial charge in [-0.2, -0.15) is 0 Å². The first-order valence-electron chi connectivity index (χ1n) is 5.66.